The van der Waals surface area contributed by atoms with E-state index < -0.39 is 12.5 Å². The molecule has 3 heterocycles. The molecular weight excluding hydrogens is 460 g/mol. The minimum Gasteiger partial charge on any atom is -0.464 e. The lowest BCUT2D eigenvalue weighted by molar-refractivity contribution is -0.113. The van der Waals surface area contributed by atoms with Crippen LogP contribution in [-0.4, -0.2) is 60.8 Å². The molecule has 6 nitrogen and oxygen atoms in total. The summed E-state index contributed by atoms with van der Waals surface area (Å²) in [7, 11) is 0. The van der Waals surface area contributed by atoms with Crippen LogP contribution in [0.15, 0.2) is 16.6 Å². The summed E-state index contributed by atoms with van der Waals surface area (Å²) < 4.78 is 36.6. The Morgan fingerprint density at radius 1 is 1.26 bits per heavy atom. The van der Waals surface area contributed by atoms with Gasteiger partial charge >= 0.3 is 0 Å². The molecular formula is C25H35F2N3O3S. The number of thiazole rings is 1. The van der Waals surface area contributed by atoms with E-state index in [-0.39, 0.29) is 5.91 Å². The van der Waals surface area contributed by atoms with Crippen molar-refractivity contribution in [3.63, 3.8) is 0 Å². The molecule has 3 aliphatic rings. The molecule has 1 aromatic rings. The average Bonchev–Trinajstić information content (AvgIpc) is 3.23. The molecule has 0 spiro atoms. The molecule has 2 fully saturated rings. The minimum atomic E-state index is -2.85. The third kappa shape index (κ3) is 7.92. The molecule has 1 saturated heterocycles. The highest BCUT2D eigenvalue weighted by Gasteiger charge is 2.26. The molecule has 0 unspecified atom stereocenters. The quantitative estimate of drug-likeness (QED) is 0.372. The van der Waals surface area contributed by atoms with E-state index in [0.29, 0.717) is 30.2 Å². The number of carbonyl (C=O) groups excluding carboxylic acids is 1. The Labute approximate surface area is 204 Å². The second-order valence-electron chi connectivity index (χ2n) is 9.84. The van der Waals surface area contributed by atoms with E-state index in [4.69, 9.17) is 9.47 Å². The highest BCUT2D eigenvalue weighted by molar-refractivity contribution is 7.13. The maximum Gasteiger partial charge on any atom is 0.278 e. The van der Waals surface area contributed by atoms with Crippen molar-refractivity contribution in [3.05, 3.63) is 22.2 Å². The number of alkyl halides is 2. The van der Waals surface area contributed by atoms with Crippen LogP contribution in [0.4, 0.5) is 8.78 Å². The van der Waals surface area contributed by atoms with Crippen molar-refractivity contribution in [2.24, 2.45) is 16.8 Å². The second kappa shape index (κ2) is 11.8. The van der Waals surface area contributed by atoms with Gasteiger partial charge in [-0.3, -0.25) is 9.69 Å². The molecule has 4 rings (SSSR count). The van der Waals surface area contributed by atoms with Gasteiger partial charge in [-0.1, -0.05) is 16.9 Å². The Kier molecular flexibility index (Phi) is 8.82. The zero-order valence-electron chi connectivity index (χ0n) is 19.9. The lowest BCUT2D eigenvalue weighted by atomic mass is 9.81. The van der Waals surface area contributed by atoms with E-state index in [1.54, 1.807) is 6.08 Å². The molecule has 1 amide bonds. The van der Waals surface area contributed by atoms with Gasteiger partial charge in [0.15, 0.2) is 6.61 Å². The first-order valence-corrected chi connectivity index (χ1v) is 13.2. The summed E-state index contributed by atoms with van der Waals surface area (Å²) in [6, 6.07) is 0. The Bertz CT molecular complexity index is 880. The maximum atomic E-state index is 13.0. The third-order valence-corrected chi connectivity index (χ3v) is 7.93. The topological polar surface area (TPSA) is 64.0 Å². The maximum absolute atomic E-state index is 13.0. The number of amides is 1. The number of rotatable bonds is 8. The number of nitrogens with zero attached hydrogens (tertiary/aromatic N) is 3. The lowest BCUT2D eigenvalue weighted by Gasteiger charge is -2.30. The standard InChI is InChI=1S/C25H35F2N3O3S/c1-25(26,27)17-33-24-29-21-16-30(11-7-22(21)34-24)10-6-18-2-4-20(5-3-18)15-28-23(31)14-19-8-12-32-13-9-19/h14-15,18,20H,2-13,16-17H2,1H3. The molecule has 9 heteroatoms. The Morgan fingerprint density at radius 3 is 2.76 bits per heavy atom. The molecule has 1 aromatic heterocycles. The van der Waals surface area contributed by atoms with Crippen molar-refractivity contribution >= 4 is 23.5 Å². The van der Waals surface area contributed by atoms with Crippen LogP contribution >= 0.6 is 11.3 Å². The number of hydrogen-bond donors (Lipinski definition) is 0. The van der Waals surface area contributed by atoms with E-state index in [9.17, 15) is 13.6 Å². The number of aliphatic imine (C=N–C) groups is 1. The van der Waals surface area contributed by atoms with Crippen LogP contribution in [0, 0.1) is 11.8 Å². The minimum absolute atomic E-state index is 0.137. The fourth-order valence-electron chi connectivity index (χ4n) is 4.83. The summed E-state index contributed by atoms with van der Waals surface area (Å²) in [4.78, 5) is 24.3. The van der Waals surface area contributed by atoms with Crippen molar-refractivity contribution in [1.29, 1.82) is 0 Å². The number of hydrogen-bond acceptors (Lipinski definition) is 6. The molecule has 0 aromatic carbocycles. The molecule has 1 saturated carbocycles. The van der Waals surface area contributed by atoms with E-state index in [2.05, 4.69) is 14.9 Å². The Balaban J connectivity index is 1.15. The summed E-state index contributed by atoms with van der Waals surface area (Å²) in [5.74, 6) is -1.88. The van der Waals surface area contributed by atoms with Gasteiger partial charge < -0.3 is 9.47 Å². The Morgan fingerprint density at radius 2 is 2.03 bits per heavy atom. The second-order valence-corrected chi connectivity index (χ2v) is 10.9. The van der Waals surface area contributed by atoms with Crippen molar-refractivity contribution < 1.29 is 23.0 Å². The van der Waals surface area contributed by atoms with Crippen molar-refractivity contribution in [2.75, 3.05) is 32.9 Å². The first-order chi connectivity index (χ1) is 16.3. The van der Waals surface area contributed by atoms with Crippen LogP contribution in [0.25, 0.3) is 0 Å². The van der Waals surface area contributed by atoms with Gasteiger partial charge in [0.2, 0.25) is 0 Å². The van der Waals surface area contributed by atoms with E-state index in [1.807, 2.05) is 6.21 Å². The summed E-state index contributed by atoms with van der Waals surface area (Å²) >= 11 is 1.40. The van der Waals surface area contributed by atoms with Crippen molar-refractivity contribution in [3.8, 4) is 5.19 Å². The summed E-state index contributed by atoms with van der Waals surface area (Å²) in [6.07, 6.45) is 11.8. The number of carbonyl (C=O) groups is 1. The molecule has 0 atom stereocenters. The van der Waals surface area contributed by atoms with Crippen LogP contribution in [0.3, 0.4) is 0 Å². The summed E-state index contributed by atoms with van der Waals surface area (Å²) in [6.45, 7) is 4.40. The molecule has 34 heavy (non-hydrogen) atoms. The first-order valence-electron chi connectivity index (χ1n) is 12.4. The summed E-state index contributed by atoms with van der Waals surface area (Å²) in [5.41, 5.74) is 2.12. The molecule has 1 aliphatic carbocycles. The number of ether oxygens (including phenoxy) is 2. The predicted octanol–water partition coefficient (Wildman–Crippen LogP) is 5.07. The number of fused-ring (bicyclic) bond motifs is 1. The molecule has 188 valence electrons. The van der Waals surface area contributed by atoms with Crippen molar-refractivity contribution in [1.82, 2.24) is 9.88 Å². The monoisotopic (exact) mass is 495 g/mol. The highest BCUT2D eigenvalue weighted by Crippen LogP contribution is 2.33. The van der Waals surface area contributed by atoms with E-state index >= 15 is 0 Å². The van der Waals surface area contributed by atoms with E-state index in [0.717, 1.165) is 81.2 Å². The molecule has 2 aliphatic heterocycles. The third-order valence-electron chi connectivity index (χ3n) is 6.86. The lowest BCUT2D eigenvalue weighted by Crippen LogP contribution is -2.32. The molecule has 0 bridgehead atoms. The van der Waals surface area contributed by atoms with Crippen LogP contribution in [0.2, 0.25) is 0 Å². The fraction of sp³-hybridized carbons (Fsp3) is 0.720. The average molecular weight is 496 g/mol. The van der Waals surface area contributed by atoms with Gasteiger partial charge in [0, 0.05) is 37.2 Å². The molecule has 0 N–H and O–H groups in total. The van der Waals surface area contributed by atoms with Crippen molar-refractivity contribution in [2.45, 2.75) is 70.8 Å². The van der Waals surface area contributed by atoms with Gasteiger partial charge in [-0.2, -0.15) is 0 Å². The van der Waals surface area contributed by atoms with Gasteiger partial charge in [-0.25, -0.2) is 18.8 Å². The first kappa shape index (κ1) is 25.4. The van der Waals surface area contributed by atoms with E-state index in [1.165, 1.54) is 24.2 Å². The SMILES string of the molecule is CC(F)(F)COc1nc2c(s1)CCN(CCC1CCC(C=NC(=O)C=C3CCOCC3)CC1)C2. The summed E-state index contributed by atoms with van der Waals surface area (Å²) in [5, 5.41) is 0.357. The van der Waals surface area contributed by atoms with Gasteiger partial charge in [-0.15, -0.1) is 0 Å². The number of aromatic nitrogens is 1. The smallest absolute Gasteiger partial charge is 0.278 e. The van der Waals surface area contributed by atoms with Gasteiger partial charge in [0.1, 0.15) is 0 Å². The van der Waals surface area contributed by atoms with Crippen LogP contribution in [0.1, 0.15) is 62.4 Å². The Hall–Kier alpha value is -1.71. The normalized spacial score (nSPS) is 24.3. The van der Waals surface area contributed by atoms with Crippen LogP contribution < -0.4 is 4.74 Å². The van der Waals surface area contributed by atoms with Gasteiger partial charge in [0.05, 0.1) is 18.9 Å². The fourth-order valence-corrected chi connectivity index (χ4v) is 5.74. The van der Waals surface area contributed by atoms with Crippen LogP contribution in [-0.2, 0) is 22.5 Å². The van der Waals surface area contributed by atoms with Gasteiger partial charge in [0.25, 0.3) is 17.0 Å². The zero-order chi connectivity index (χ0) is 24.0. The largest absolute Gasteiger partial charge is 0.464 e. The van der Waals surface area contributed by atoms with Gasteiger partial charge in [-0.05, 0) is 69.7 Å². The number of halogens is 2. The highest BCUT2D eigenvalue weighted by atomic mass is 32.1. The predicted molar refractivity (Wildman–Crippen MR) is 129 cm³/mol. The zero-order valence-corrected chi connectivity index (χ0v) is 20.8. The van der Waals surface area contributed by atoms with Crippen LogP contribution in [0.5, 0.6) is 5.19 Å². The molecule has 0 radical (unpaired) electrons.